The molecule has 0 radical (unpaired) electrons. The van der Waals surface area contributed by atoms with Crippen molar-refractivity contribution >= 4 is 17.5 Å². The van der Waals surface area contributed by atoms with E-state index < -0.39 is 35.9 Å². The van der Waals surface area contributed by atoms with Crippen LogP contribution in [0.1, 0.15) is 27.0 Å². The number of hydrogen-bond donors (Lipinski definition) is 1. The monoisotopic (exact) mass is 501 g/mol. The molecule has 0 aliphatic heterocycles. The third-order valence-corrected chi connectivity index (χ3v) is 5.20. The number of hydrogen-bond acceptors (Lipinski definition) is 3. The second kappa shape index (κ2) is 10.0. The molecule has 1 amide bonds. The zero-order valence-electron chi connectivity index (χ0n) is 17.4. The predicted octanol–water partition coefficient (Wildman–Crippen LogP) is 6.04. The van der Waals surface area contributed by atoms with E-state index in [4.69, 9.17) is 17.3 Å². The summed E-state index contributed by atoms with van der Waals surface area (Å²) >= 11 is 6.20. The Kier molecular flexibility index (Phi) is 7.52. The summed E-state index contributed by atoms with van der Waals surface area (Å²) in [6, 6.07) is 11.4. The maximum absolute atomic E-state index is 13.4. The molecule has 0 saturated carbocycles. The first kappa shape index (κ1) is 25.5. The molecule has 0 unspecified atom stereocenters. The van der Waals surface area contributed by atoms with Crippen molar-refractivity contribution in [3.05, 3.63) is 88.2 Å². The van der Waals surface area contributed by atoms with Gasteiger partial charge in [-0.25, -0.2) is 4.98 Å². The lowest BCUT2D eigenvalue weighted by atomic mass is 10.00. The Morgan fingerprint density at radius 1 is 0.941 bits per heavy atom. The molecule has 3 rings (SSSR count). The summed E-state index contributed by atoms with van der Waals surface area (Å²) in [5, 5.41) is -0.159. The molecular weight excluding hydrogens is 484 g/mol. The number of alkyl halides is 6. The third kappa shape index (κ3) is 5.87. The molecule has 2 aromatic carbocycles. The minimum absolute atomic E-state index is 0.0318. The van der Waals surface area contributed by atoms with E-state index in [-0.39, 0.29) is 35.4 Å². The summed E-state index contributed by atoms with van der Waals surface area (Å²) in [6.45, 7) is -0.784. The van der Waals surface area contributed by atoms with Gasteiger partial charge in [-0.2, -0.15) is 26.3 Å². The standard InChI is InChI=1S/C23H18ClF6N3O/c24-20-19(18(6-8-32-20)15-4-2-1-3-5-15)21(34)33(9-7-31)13-14-10-16(22(25,26)27)12-17(11-14)23(28,29)30/h1-6,8,10-12H,7,9,13,31H2. The number of carbonyl (C=O) groups is 1. The normalized spacial score (nSPS) is 12.0. The number of amides is 1. The lowest BCUT2D eigenvalue weighted by Gasteiger charge is -2.25. The first-order chi connectivity index (χ1) is 15.9. The molecule has 2 N–H and O–H groups in total. The average molecular weight is 502 g/mol. The van der Waals surface area contributed by atoms with Crippen LogP contribution in [0.25, 0.3) is 11.1 Å². The van der Waals surface area contributed by atoms with Gasteiger partial charge in [0.25, 0.3) is 5.91 Å². The molecule has 0 saturated heterocycles. The van der Waals surface area contributed by atoms with Crippen LogP contribution in [0.3, 0.4) is 0 Å². The molecule has 0 aliphatic rings. The Balaban J connectivity index is 2.06. The first-order valence-electron chi connectivity index (χ1n) is 9.89. The number of aromatic nitrogens is 1. The van der Waals surface area contributed by atoms with Crippen LogP contribution in [0.4, 0.5) is 26.3 Å². The van der Waals surface area contributed by atoms with Crippen molar-refractivity contribution in [2.75, 3.05) is 13.1 Å². The van der Waals surface area contributed by atoms with E-state index in [0.717, 1.165) is 4.90 Å². The first-order valence-corrected chi connectivity index (χ1v) is 10.3. The maximum Gasteiger partial charge on any atom is 0.416 e. The van der Waals surface area contributed by atoms with Crippen molar-refractivity contribution in [2.24, 2.45) is 5.73 Å². The number of carbonyl (C=O) groups excluding carboxylic acids is 1. The summed E-state index contributed by atoms with van der Waals surface area (Å²) in [4.78, 5) is 18.4. The largest absolute Gasteiger partial charge is 0.416 e. The molecule has 34 heavy (non-hydrogen) atoms. The van der Waals surface area contributed by atoms with Crippen LogP contribution in [0, 0.1) is 0 Å². The van der Waals surface area contributed by atoms with Crippen LogP contribution < -0.4 is 5.73 Å². The molecule has 1 aromatic heterocycles. The van der Waals surface area contributed by atoms with E-state index >= 15 is 0 Å². The van der Waals surface area contributed by atoms with Gasteiger partial charge in [-0.1, -0.05) is 41.9 Å². The number of halogens is 7. The molecule has 0 atom stereocenters. The summed E-state index contributed by atoms with van der Waals surface area (Å²) in [7, 11) is 0. The SMILES string of the molecule is NCCN(Cc1cc(C(F)(F)F)cc(C(F)(F)F)c1)C(=O)c1c(-c2ccccc2)ccnc1Cl. The molecule has 0 aliphatic carbocycles. The van der Waals surface area contributed by atoms with Gasteiger partial charge in [0.1, 0.15) is 5.15 Å². The highest BCUT2D eigenvalue weighted by Gasteiger charge is 2.37. The number of pyridine rings is 1. The Bertz CT molecular complexity index is 1130. The van der Waals surface area contributed by atoms with E-state index in [1.165, 1.54) is 6.20 Å². The number of nitrogens with zero attached hydrogens (tertiary/aromatic N) is 2. The molecule has 1 heterocycles. The summed E-state index contributed by atoms with van der Waals surface area (Å²) < 4.78 is 79.5. The molecule has 4 nitrogen and oxygen atoms in total. The molecule has 11 heteroatoms. The highest BCUT2D eigenvalue weighted by molar-refractivity contribution is 6.33. The minimum atomic E-state index is -5.01. The van der Waals surface area contributed by atoms with Crippen LogP contribution in [0.5, 0.6) is 0 Å². The van der Waals surface area contributed by atoms with Crippen LogP contribution in [-0.4, -0.2) is 28.9 Å². The Morgan fingerprint density at radius 2 is 1.53 bits per heavy atom. The van der Waals surface area contributed by atoms with Gasteiger partial charge < -0.3 is 10.6 Å². The van der Waals surface area contributed by atoms with Crippen molar-refractivity contribution < 1.29 is 31.1 Å². The van der Waals surface area contributed by atoms with E-state index in [1.807, 2.05) is 0 Å². The minimum Gasteiger partial charge on any atom is -0.333 e. The highest BCUT2D eigenvalue weighted by Crippen LogP contribution is 2.37. The van der Waals surface area contributed by atoms with Gasteiger partial charge in [-0.15, -0.1) is 0 Å². The van der Waals surface area contributed by atoms with Gasteiger partial charge in [0.2, 0.25) is 0 Å². The zero-order chi connectivity index (χ0) is 25.1. The summed E-state index contributed by atoms with van der Waals surface area (Å²) in [6.07, 6.45) is -8.63. The molecule has 3 aromatic rings. The van der Waals surface area contributed by atoms with E-state index in [1.54, 1.807) is 36.4 Å². The number of nitrogens with two attached hydrogens (primary N) is 1. The molecule has 0 fully saturated rings. The zero-order valence-corrected chi connectivity index (χ0v) is 18.2. The summed E-state index contributed by atoms with van der Waals surface area (Å²) in [5.74, 6) is -0.728. The number of benzene rings is 2. The smallest absolute Gasteiger partial charge is 0.333 e. The van der Waals surface area contributed by atoms with Gasteiger partial charge in [-0.05, 0) is 41.0 Å². The van der Waals surface area contributed by atoms with Gasteiger partial charge in [0.05, 0.1) is 16.7 Å². The fourth-order valence-electron chi connectivity index (χ4n) is 3.40. The van der Waals surface area contributed by atoms with Gasteiger partial charge >= 0.3 is 12.4 Å². The van der Waals surface area contributed by atoms with Crippen molar-refractivity contribution in [1.82, 2.24) is 9.88 Å². The van der Waals surface area contributed by atoms with Crippen molar-refractivity contribution in [3.8, 4) is 11.1 Å². The highest BCUT2D eigenvalue weighted by atomic mass is 35.5. The number of rotatable bonds is 6. The summed E-state index contributed by atoms with van der Waals surface area (Å²) in [5.41, 5.74) is 3.29. The molecule has 180 valence electrons. The van der Waals surface area contributed by atoms with Gasteiger partial charge in [0, 0.05) is 25.8 Å². The van der Waals surface area contributed by atoms with Gasteiger partial charge in [-0.3, -0.25) is 4.79 Å². The Hall–Kier alpha value is -3.11. The average Bonchev–Trinajstić information content (AvgIpc) is 2.77. The maximum atomic E-state index is 13.4. The van der Waals surface area contributed by atoms with Crippen molar-refractivity contribution in [3.63, 3.8) is 0 Å². The van der Waals surface area contributed by atoms with Crippen molar-refractivity contribution in [2.45, 2.75) is 18.9 Å². The molecular formula is C23H18ClF6N3O. The fourth-order valence-corrected chi connectivity index (χ4v) is 3.63. The molecule has 0 spiro atoms. The van der Waals surface area contributed by atoms with Crippen LogP contribution in [0.15, 0.2) is 60.8 Å². The quantitative estimate of drug-likeness (QED) is 0.331. The van der Waals surface area contributed by atoms with E-state index in [9.17, 15) is 31.1 Å². The molecule has 0 bridgehead atoms. The third-order valence-electron chi connectivity index (χ3n) is 4.91. The van der Waals surface area contributed by atoms with Crippen LogP contribution in [0.2, 0.25) is 5.15 Å². The Labute approximate surface area is 196 Å². The van der Waals surface area contributed by atoms with E-state index in [2.05, 4.69) is 4.98 Å². The van der Waals surface area contributed by atoms with Gasteiger partial charge in [0.15, 0.2) is 0 Å². The van der Waals surface area contributed by atoms with E-state index in [0.29, 0.717) is 23.3 Å². The van der Waals surface area contributed by atoms with Crippen molar-refractivity contribution in [1.29, 1.82) is 0 Å². The second-order valence-corrected chi connectivity index (χ2v) is 7.68. The lowest BCUT2D eigenvalue weighted by Crippen LogP contribution is -2.35. The lowest BCUT2D eigenvalue weighted by molar-refractivity contribution is -0.143. The van der Waals surface area contributed by atoms with Crippen LogP contribution >= 0.6 is 11.6 Å². The Morgan fingerprint density at radius 3 is 2.06 bits per heavy atom. The second-order valence-electron chi connectivity index (χ2n) is 7.32. The topological polar surface area (TPSA) is 59.2 Å². The predicted molar refractivity (Wildman–Crippen MR) is 115 cm³/mol. The fraction of sp³-hybridized carbons (Fsp3) is 0.217. The van der Waals surface area contributed by atoms with Crippen LogP contribution in [-0.2, 0) is 18.9 Å².